The molecule has 0 amide bonds. The standard InChI is InChI=1S/C33H27N3.C13H13N.C8H6O2/c1-3-7-26(8-4-1)23-27-15-17-30(18-16-27)34-24-28-11-13-29(14-12-28)25-35-31-19-21-33(22-20-31)36-32-9-5-2-6-10-32;14-13-8-6-12(7-9-13)10-11-4-2-1-3-5-11;9-5-7-1-2-8(6-10)4-3-7/h1-22,24-25,36H,23H2;1-9H,10,14H2;1-6H. The number of rotatable bonds is 12. The molecule has 3 N–H and O–H groups in total. The van der Waals surface area contributed by atoms with Crippen LogP contribution in [0.2, 0.25) is 0 Å². The van der Waals surface area contributed by atoms with E-state index in [1.54, 1.807) is 24.3 Å². The number of aliphatic imine (C=N–C) groups is 2. The van der Waals surface area contributed by atoms with E-state index in [0.717, 1.165) is 65.0 Å². The van der Waals surface area contributed by atoms with Gasteiger partial charge in [-0.25, -0.2) is 0 Å². The van der Waals surface area contributed by atoms with E-state index in [0.29, 0.717) is 11.1 Å². The Morgan fingerprint density at radius 1 is 0.367 bits per heavy atom. The summed E-state index contributed by atoms with van der Waals surface area (Å²) < 4.78 is 0. The minimum atomic E-state index is 0.589. The number of hydrogen-bond acceptors (Lipinski definition) is 6. The van der Waals surface area contributed by atoms with E-state index in [2.05, 4.69) is 124 Å². The number of nitrogens with zero attached hydrogens (tertiary/aromatic N) is 2. The number of nitrogens with one attached hydrogen (secondary N) is 1. The van der Waals surface area contributed by atoms with E-state index in [1.165, 1.54) is 22.3 Å². The van der Waals surface area contributed by atoms with Crippen molar-refractivity contribution in [1.82, 2.24) is 0 Å². The molecule has 0 saturated carbocycles. The molecule has 0 spiro atoms. The molecule has 0 unspecified atom stereocenters. The molecule has 0 radical (unpaired) electrons. The molecule has 0 fully saturated rings. The fraction of sp³-hybridized carbons (Fsp3) is 0.0370. The summed E-state index contributed by atoms with van der Waals surface area (Å²) in [5.41, 5.74) is 18.9. The molecule has 0 atom stereocenters. The summed E-state index contributed by atoms with van der Waals surface area (Å²) in [5.74, 6) is 0. The second-order valence-electron chi connectivity index (χ2n) is 13.9. The summed E-state index contributed by atoms with van der Waals surface area (Å²) >= 11 is 0. The summed E-state index contributed by atoms with van der Waals surface area (Å²) in [5, 5.41) is 3.38. The van der Waals surface area contributed by atoms with E-state index in [9.17, 15) is 9.59 Å². The average Bonchev–Trinajstić information content (AvgIpc) is 3.31. The lowest BCUT2D eigenvalue weighted by Crippen LogP contribution is -1.89. The normalized spacial score (nSPS) is 10.5. The minimum Gasteiger partial charge on any atom is -0.399 e. The fourth-order valence-corrected chi connectivity index (χ4v) is 5.94. The number of anilines is 3. The smallest absolute Gasteiger partial charge is 0.150 e. The van der Waals surface area contributed by atoms with Gasteiger partial charge in [0.2, 0.25) is 0 Å². The van der Waals surface area contributed by atoms with Crippen LogP contribution in [0, 0.1) is 0 Å². The first-order chi connectivity index (χ1) is 29.5. The predicted molar refractivity (Wildman–Crippen MR) is 250 cm³/mol. The van der Waals surface area contributed by atoms with Crippen molar-refractivity contribution in [2.45, 2.75) is 12.8 Å². The highest BCUT2D eigenvalue weighted by Gasteiger charge is 1.99. The third-order valence-electron chi connectivity index (χ3n) is 9.22. The summed E-state index contributed by atoms with van der Waals surface area (Å²) in [6.07, 6.45) is 7.17. The number of para-hydroxylation sites is 1. The van der Waals surface area contributed by atoms with Crippen molar-refractivity contribution in [3.63, 3.8) is 0 Å². The van der Waals surface area contributed by atoms with Gasteiger partial charge in [0.15, 0.2) is 0 Å². The van der Waals surface area contributed by atoms with Crippen LogP contribution in [0.1, 0.15) is 54.1 Å². The van der Waals surface area contributed by atoms with Crippen molar-refractivity contribution < 1.29 is 9.59 Å². The molecule has 0 saturated heterocycles. The van der Waals surface area contributed by atoms with Gasteiger partial charge in [-0.05, 0) is 107 Å². The third kappa shape index (κ3) is 14.2. The van der Waals surface area contributed by atoms with Crippen LogP contribution in [0.25, 0.3) is 0 Å². The zero-order valence-electron chi connectivity index (χ0n) is 33.2. The molecular formula is C54H46N4O2. The van der Waals surface area contributed by atoms with Crippen LogP contribution < -0.4 is 11.1 Å². The first-order valence-electron chi connectivity index (χ1n) is 19.6. The van der Waals surface area contributed by atoms with E-state index < -0.39 is 0 Å². The number of hydrogen-bond donors (Lipinski definition) is 2. The van der Waals surface area contributed by atoms with E-state index in [4.69, 9.17) is 5.73 Å². The molecule has 0 aromatic heterocycles. The number of aldehydes is 2. The van der Waals surface area contributed by atoms with E-state index in [1.807, 2.05) is 91.3 Å². The van der Waals surface area contributed by atoms with Gasteiger partial charge in [-0.2, -0.15) is 0 Å². The van der Waals surface area contributed by atoms with Crippen LogP contribution in [-0.2, 0) is 12.8 Å². The monoisotopic (exact) mass is 782 g/mol. The Bertz CT molecular complexity index is 2400. The second-order valence-corrected chi connectivity index (χ2v) is 13.9. The topological polar surface area (TPSA) is 96.9 Å². The number of carbonyl (C=O) groups excluding carboxylic acids is 2. The Morgan fingerprint density at radius 3 is 1.12 bits per heavy atom. The summed E-state index contributed by atoms with van der Waals surface area (Å²) in [4.78, 5) is 29.5. The molecule has 294 valence electrons. The Balaban J connectivity index is 0.000000204. The lowest BCUT2D eigenvalue weighted by molar-refractivity contribution is 0.111. The highest BCUT2D eigenvalue weighted by Crippen LogP contribution is 2.21. The molecule has 0 aliphatic heterocycles. The van der Waals surface area contributed by atoms with Gasteiger partial charge in [-0.3, -0.25) is 19.6 Å². The SMILES string of the molecule is C(=Nc1ccc(Cc2ccccc2)cc1)c1ccc(C=Nc2ccc(Nc3ccccc3)cc2)cc1.Nc1ccc(Cc2ccccc2)cc1.O=Cc1ccc(C=O)cc1. The maximum absolute atomic E-state index is 10.1. The molecule has 6 heteroatoms. The minimum absolute atomic E-state index is 0.589. The largest absolute Gasteiger partial charge is 0.399 e. The van der Waals surface area contributed by atoms with Crippen molar-refractivity contribution in [2.24, 2.45) is 9.98 Å². The summed E-state index contributed by atoms with van der Waals surface area (Å²) in [6.45, 7) is 0. The van der Waals surface area contributed by atoms with Gasteiger partial charge < -0.3 is 11.1 Å². The molecule has 60 heavy (non-hydrogen) atoms. The number of benzene rings is 8. The van der Waals surface area contributed by atoms with Crippen molar-refractivity contribution in [2.75, 3.05) is 11.1 Å². The predicted octanol–water partition coefficient (Wildman–Crippen LogP) is 12.7. The second kappa shape index (κ2) is 22.7. The van der Waals surface area contributed by atoms with Crippen molar-refractivity contribution in [1.29, 1.82) is 0 Å². The first-order valence-corrected chi connectivity index (χ1v) is 19.6. The van der Waals surface area contributed by atoms with Gasteiger partial charge in [0, 0.05) is 40.6 Å². The Kier molecular flexibility index (Phi) is 15.8. The van der Waals surface area contributed by atoms with E-state index in [-0.39, 0.29) is 0 Å². The summed E-state index contributed by atoms with van der Waals surface area (Å²) in [7, 11) is 0. The van der Waals surface area contributed by atoms with Gasteiger partial charge in [-0.1, -0.05) is 152 Å². The number of carbonyl (C=O) groups is 2. The summed E-state index contributed by atoms with van der Waals surface area (Å²) in [6, 6.07) is 70.3. The van der Waals surface area contributed by atoms with Crippen molar-refractivity contribution in [3.05, 3.63) is 257 Å². The van der Waals surface area contributed by atoms with Crippen LogP contribution in [0.15, 0.2) is 222 Å². The van der Waals surface area contributed by atoms with E-state index >= 15 is 0 Å². The quantitative estimate of drug-likeness (QED) is 0.0732. The maximum atomic E-state index is 10.1. The zero-order valence-corrected chi connectivity index (χ0v) is 33.2. The number of nitrogens with two attached hydrogens (primary N) is 1. The maximum Gasteiger partial charge on any atom is 0.150 e. The van der Waals surface area contributed by atoms with Crippen molar-refractivity contribution >= 4 is 53.4 Å². The average molecular weight is 783 g/mol. The lowest BCUT2D eigenvalue weighted by Gasteiger charge is -2.06. The molecule has 8 rings (SSSR count). The molecule has 6 nitrogen and oxygen atoms in total. The van der Waals surface area contributed by atoms with Gasteiger partial charge in [-0.15, -0.1) is 0 Å². The van der Waals surface area contributed by atoms with Crippen molar-refractivity contribution in [3.8, 4) is 0 Å². The first kappa shape index (κ1) is 41.7. The molecule has 0 heterocycles. The number of nitrogen functional groups attached to an aromatic ring is 1. The zero-order chi connectivity index (χ0) is 41.6. The molecule has 0 aliphatic carbocycles. The fourth-order valence-electron chi connectivity index (χ4n) is 5.94. The van der Waals surface area contributed by atoms with Gasteiger partial charge in [0.1, 0.15) is 12.6 Å². The Hall–Kier alpha value is -7.96. The molecule has 0 aliphatic rings. The van der Waals surface area contributed by atoms with Gasteiger partial charge in [0.25, 0.3) is 0 Å². The Morgan fingerprint density at radius 2 is 0.700 bits per heavy atom. The van der Waals surface area contributed by atoms with Crippen LogP contribution in [0.5, 0.6) is 0 Å². The molecule has 8 aromatic rings. The van der Waals surface area contributed by atoms with Crippen LogP contribution >= 0.6 is 0 Å². The van der Waals surface area contributed by atoms with Gasteiger partial charge >= 0.3 is 0 Å². The molecule has 0 bridgehead atoms. The van der Waals surface area contributed by atoms with Gasteiger partial charge in [0.05, 0.1) is 11.4 Å². The Labute approximate surface area is 352 Å². The molecular weight excluding hydrogens is 737 g/mol. The third-order valence-corrected chi connectivity index (χ3v) is 9.22. The molecule has 8 aromatic carbocycles. The van der Waals surface area contributed by atoms with Crippen LogP contribution in [0.4, 0.5) is 28.4 Å². The lowest BCUT2D eigenvalue weighted by atomic mass is 10.1. The van der Waals surface area contributed by atoms with Crippen LogP contribution in [-0.4, -0.2) is 25.0 Å². The van der Waals surface area contributed by atoms with Crippen LogP contribution in [0.3, 0.4) is 0 Å². The highest BCUT2D eigenvalue weighted by atomic mass is 16.1. The highest BCUT2D eigenvalue weighted by molar-refractivity contribution is 5.86.